The van der Waals surface area contributed by atoms with Crippen LogP contribution in [0.15, 0.2) is 84.9 Å². The second-order valence-corrected chi connectivity index (χ2v) is 6.72. The monoisotopic (exact) mass is 372 g/mol. The van der Waals surface area contributed by atoms with E-state index >= 15 is 0 Å². The van der Waals surface area contributed by atoms with Crippen molar-refractivity contribution in [3.63, 3.8) is 0 Å². The van der Waals surface area contributed by atoms with Gasteiger partial charge >= 0.3 is 0 Å². The number of nitrogens with zero attached hydrogens (tertiary/aromatic N) is 1. The molecule has 0 aliphatic rings. The number of amides is 2. The quantitative estimate of drug-likeness (QED) is 0.674. The van der Waals surface area contributed by atoms with Crippen LogP contribution in [0.2, 0.25) is 0 Å². The van der Waals surface area contributed by atoms with Crippen LogP contribution in [0.3, 0.4) is 0 Å². The van der Waals surface area contributed by atoms with E-state index in [0.29, 0.717) is 17.8 Å². The Kier molecular flexibility index (Phi) is 6.22. The zero-order valence-corrected chi connectivity index (χ0v) is 16.1. The average molecular weight is 372 g/mol. The largest absolute Gasteiger partial charge is 0.324 e. The number of para-hydroxylation sites is 2. The van der Waals surface area contributed by atoms with Crippen molar-refractivity contribution in [1.29, 1.82) is 0 Å². The number of hydrogen-bond donors (Lipinski definition) is 1. The fourth-order valence-corrected chi connectivity index (χ4v) is 3.23. The van der Waals surface area contributed by atoms with Gasteiger partial charge in [0.2, 0.25) is 11.8 Å². The molecule has 4 heteroatoms. The van der Waals surface area contributed by atoms with Crippen LogP contribution >= 0.6 is 0 Å². The van der Waals surface area contributed by atoms with Crippen LogP contribution in [0.5, 0.6) is 0 Å². The van der Waals surface area contributed by atoms with Crippen LogP contribution in [0.1, 0.15) is 30.4 Å². The molecule has 2 amide bonds. The van der Waals surface area contributed by atoms with Gasteiger partial charge in [-0.15, -0.1) is 0 Å². The Morgan fingerprint density at radius 1 is 0.821 bits per heavy atom. The topological polar surface area (TPSA) is 49.4 Å². The van der Waals surface area contributed by atoms with Gasteiger partial charge < -0.3 is 10.2 Å². The van der Waals surface area contributed by atoms with E-state index in [9.17, 15) is 9.59 Å². The van der Waals surface area contributed by atoms with Gasteiger partial charge in [0.05, 0.1) is 11.4 Å². The highest BCUT2D eigenvalue weighted by atomic mass is 16.2. The Bertz CT molecular complexity index is 900. The minimum atomic E-state index is -0.0953. The summed E-state index contributed by atoms with van der Waals surface area (Å²) in [6.07, 6.45) is 0.312. The molecule has 3 rings (SSSR count). The maximum atomic E-state index is 12.9. The molecule has 28 heavy (non-hydrogen) atoms. The molecule has 0 saturated heterocycles. The molecule has 4 nitrogen and oxygen atoms in total. The van der Waals surface area contributed by atoms with E-state index in [1.165, 1.54) is 11.8 Å². The number of carbonyl (C=O) groups is 2. The Balaban J connectivity index is 1.84. The molecule has 0 bridgehead atoms. The molecule has 0 aliphatic carbocycles. The summed E-state index contributed by atoms with van der Waals surface area (Å²) in [6, 6.07) is 27.4. The summed E-state index contributed by atoms with van der Waals surface area (Å²) in [6.45, 7) is 1.50. The molecule has 0 saturated carbocycles. The SMILES string of the molecule is CC(=O)N(C)c1ccccc1NC(=O)CC(c1ccccc1)c1ccccc1. The van der Waals surface area contributed by atoms with Crippen molar-refractivity contribution in [2.45, 2.75) is 19.3 Å². The summed E-state index contributed by atoms with van der Waals surface area (Å²) in [5, 5.41) is 2.98. The van der Waals surface area contributed by atoms with Gasteiger partial charge in [-0.1, -0.05) is 72.8 Å². The second kappa shape index (κ2) is 9.00. The summed E-state index contributed by atoms with van der Waals surface area (Å²) in [4.78, 5) is 26.2. The number of benzene rings is 3. The van der Waals surface area contributed by atoms with Crippen LogP contribution in [0, 0.1) is 0 Å². The van der Waals surface area contributed by atoms with Gasteiger partial charge in [0.25, 0.3) is 0 Å². The number of nitrogens with one attached hydrogen (secondary N) is 1. The van der Waals surface area contributed by atoms with Crippen LogP contribution < -0.4 is 10.2 Å². The summed E-state index contributed by atoms with van der Waals surface area (Å²) >= 11 is 0. The molecule has 3 aromatic rings. The van der Waals surface area contributed by atoms with Gasteiger partial charge in [-0.3, -0.25) is 9.59 Å². The van der Waals surface area contributed by atoms with Gasteiger partial charge in [0, 0.05) is 26.3 Å². The first-order chi connectivity index (χ1) is 13.6. The highest BCUT2D eigenvalue weighted by molar-refractivity contribution is 6.00. The highest BCUT2D eigenvalue weighted by Crippen LogP contribution is 2.30. The van der Waals surface area contributed by atoms with Crippen LogP contribution in [-0.4, -0.2) is 18.9 Å². The van der Waals surface area contributed by atoms with Crippen LogP contribution in [-0.2, 0) is 9.59 Å². The lowest BCUT2D eigenvalue weighted by Gasteiger charge is -2.21. The van der Waals surface area contributed by atoms with E-state index in [1.807, 2.05) is 84.9 Å². The van der Waals surface area contributed by atoms with E-state index in [2.05, 4.69) is 5.32 Å². The first-order valence-electron chi connectivity index (χ1n) is 9.29. The van der Waals surface area contributed by atoms with Crippen LogP contribution in [0.4, 0.5) is 11.4 Å². The van der Waals surface area contributed by atoms with Crippen molar-refractivity contribution in [1.82, 2.24) is 0 Å². The van der Waals surface area contributed by atoms with Crippen molar-refractivity contribution < 1.29 is 9.59 Å². The van der Waals surface area contributed by atoms with Gasteiger partial charge in [0.1, 0.15) is 0 Å². The van der Waals surface area contributed by atoms with Gasteiger partial charge in [-0.2, -0.15) is 0 Å². The molecular weight excluding hydrogens is 348 g/mol. The Morgan fingerprint density at radius 3 is 1.86 bits per heavy atom. The molecule has 0 unspecified atom stereocenters. The second-order valence-electron chi connectivity index (χ2n) is 6.72. The summed E-state index contributed by atoms with van der Waals surface area (Å²) in [5.41, 5.74) is 3.50. The lowest BCUT2D eigenvalue weighted by molar-refractivity contribution is -0.117. The van der Waals surface area contributed by atoms with E-state index in [4.69, 9.17) is 0 Å². The highest BCUT2D eigenvalue weighted by Gasteiger charge is 2.19. The fraction of sp³-hybridized carbons (Fsp3) is 0.167. The molecule has 142 valence electrons. The molecule has 0 atom stereocenters. The number of rotatable bonds is 6. The van der Waals surface area contributed by atoms with Crippen molar-refractivity contribution in [2.24, 2.45) is 0 Å². The molecule has 0 spiro atoms. The third-order valence-corrected chi connectivity index (χ3v) is 4.81. The lowest BCUT2D eigenvalue weighted by atomic mass is 9.88. The molecular formula is C24H24N2O2. The third-order valence-electron chi connectivity index (χ3n) is 4.81. The van der Waals surface area contributed by atoms with E-state index in [-0.39, 0.29) is 17.7 Å². The summed E-state index contributed by atoms with van der Waals surface area (Å²) < 4.78 is 0. The van der Waals surface area contributed by atoms with Crippen LogP contribution in [0.25, 0.3) is 0 Å². The lowest BCUT2D eigenvalue weighted by Crippen LogP contribution is -2.25. The molecule has 0 heterocycles. The molecule has 0 aliphatic heterocycles. The van der Waals surface area contributed by atoms with E-state index in [1.54, 1.807) is 7.05 Å². The molecule has 0 aromatic heterocycles. The minimum absolute atomic E-state index is 0.0416. The Labute approximate surface area is 165 Å². The van der Waals surface area contributed by atoms with Crippen molar-refractivity contribution >= 4 is 23.2 Å². The predicted octanol–water partition coefficient (Wildman–Crippen LogP) is 4.83. The molecule has 3 aromatic carbocycles. The van der Waals surface area contributed by atoms with Gasteiger partial charge in [-0.05, 0) is 23.3 Å². The standard InChI is InChI=1S/C24H24N2O2/c1-18(27)26(2)23-16-10-9-15-22(23)25-24(28)17-21(19-11-5-3-6-12-19)20-13-7-4-8-14-20/h3-16,21H,17H2,1-2H3,(H,25,28). The first-order valence-corrected chi connectivity index (χ1v) is 9.29. The fourth-order valence-electron chi connectivity index (χ4n) is 3.23. The molecule has 0 radical (unpaired) electrons. The number of carbonyl (C=O) groups excluding carboxylic acids is 2. The normalized spacial score (nSPS) is 10.5. The predicted molar refractivity (Wildman–Crippen MR) is 113 cm³/mol. The van der Waals surface area contributed by atoms with Crippen molar-refractivity contribution in [3.8, 4) is 0 Å². The van der Waals surface area contributed by atoms with Crippen molar-refractivity contribution in [2.75, 3.05) is 17.3 Å². The summed E-state index contributed by atoms with van der Waals surface area (Å²) in [5.74, 6) is -0.227. The van der Waals surface area contributed by atoms with E-state index in [0.717, 1.165) is 11.1 Å². The molecule has 1 N–H and O–H groups in total. The maximum absolute atomic E-state index is 12.9. The Morgan fingerprint density at radius 2 is 1.32 bits per heavy atom. The number of hydrogen-bond acceptors (Lipinski definition) is 2. The average Bonchev–Trinajstić information content (AvgIpc) is 2.73. The number of anilines is 2. The van der Waals surface area contributed by atoms with Gasteiger partial charge in [-0.25, -0.2) is 0 Å². The van der Waals surface area contributed by atoms with Crippen molar-refractivity contribution in [3.05, 3.63) is 96.1 Å². The first kappa shape index (κ1) is 19.4. The summed E-state index contributed by atoms with van der Waals surface area (Å²) in [7, 11) is 1.70. The minimum Gasteiger partial charge on any atom is -0.324 e. The molecule has 0 fully saturated rings. The van der Waals surface area contributed by atoms with Gasteiger partial charge in [0.15, 0.2) is 0 Å². The smallest absolute Gasteiger partial charge is 0.225 e. The Hall–Kier alpha value is -3.40. The third kappa shape index (κ3) is 4.65. The maximum Gasteiger partial charge on any atom is 0.225 e. The zero-order chi connectivity index (χ0) is 19.9. The van der Waals surface area contributed by atoms with E-state index < -0.39 is 0 Å². The zero-order valence-electron chi connectivity index (χ0n) is 16.1.